The molecule has 0 radical (unpaired) electrons. The van der Waals surface area contributed by atoms with Crippen molar-refractivity contribution in [3.05, 3.63) is 34.5 Å². The van der Waals surface area contributed by atoms with Crippen molar-refractivity contribution in [2.24, 2.45) is 5.73 Å². The van der Waals surface area contributed by atoms with Gasteiger partial charge >= 0.3 is 5.69 Å². The molecule has 0 aliphatic heterocycles. The maximum absolute atomic E-state index is 10.7. The van der Waals surface area contributed by atoms with E-state index in [1.54, 1.807) is 12.5 Å². The number of hydrogen-bond donors (Lipinski definition) is 4. The van der Waals surface area contributed by atoms with Gasteiger partial charge < -0.3 is 10.7 Å². The van der Waals surface area contributed by atoms with Gasteiger partial charge in [-0.3, -0.25) is 4.98 Å². The van der Waals surface area contributed by atoms with E-state index in [9.17, 15) is 4.79 Å². The quantitative estimate of drug-likeness (QED) is 0.504. The number of imidazole rings is 1. The molecule has 0 aromatic carbocycles. The van der Waals surface area contributed by atoms with E-state index in [0.717, 1.165) is 5.69 Å². The van der Waals surface area contributed by atoms with Gasteiger partial charge in [0.1, 0.15) is 5.82 Å². The zero-order valence-electron chi connectivity index (χ0n) is 7.32. The molecule has 74 valence electrons. The third kappa shape index (κ3) is 1.72. The van der Waals surface area contributed by atoms with Gasteiger partial charge in [-0.1, -0.05) is 0 Å². The lowest BCUT2D eigenvalue weighted by Crippen LogP contribution is -2.16. The van der Waals surface area contributed by atoms with Gasteiger partial charge in [-0.25, -0.2) is 14.9 Å². The summed E-state index contributed by atoms with van der Waals surface area (Å²) in [6.07, 6.45) is 3.82. The fraction of sp³-hybridized carbons (Fsp3) is 0.286. The molecular weight excluding hydrogens is 184 g/mol. The molecule has 7 nitrogen and oxygen atoms in total. The van der Waals surface area contributed by atoms with E-state index in [0.29, 0.717) is 12.2 Å². The maximum Gasteiger partial charge on any atom is 0.340 e. The first-order chi connectivity index (χ1) is 6.75. The number of rotatable bonds is 3. The third-order valence-electron chi connectivity index (χ3n) is 1.87. The molecule has 2 heterocycles. The van der Waals surface area contributed by atoms with Gasteiger partial charge in [-0.2, -0.15) is 5.10 Å². The Labute approximate surface area is 78.8 Å². The third-order valence-corrected chi connectivity index (χ3v) is 1.87. The van der Waals surface area contributed by atoms with Crippen LogP contribution < -0.4 is 11.4 Å². The minimum absolute atomic E-state index is 0.339. The summed E-state index contributed by atoms with van der Waals surface area (Å²) < 4.78 is 0. The Hall–Kier alpha value is -1.89. The second kappa shape index (κ2) is 3.46. The van der Waals surface area contributed by atoms with E-state index in [1.807, 2.05) is 0 Å². The molecule has 1 unspecified atom stereocenters. The van der Waals surface area contributed by atoms with Crippen LogP contribution in [0.4, 0.5) is 0 Å². The number of nitrogens with zero attached hydrogens (tertiary/aromatic N) is 2. The van der Waals surface area contributed by atoms with Crippen molar-refractivity contribution in [1.82, 2.24) is 25.1 Å². The topological polar surface area (TPSA) is 116 Å². The smallest absolute Gasteiger partial charge is 0.340 e. The van der Waals surface area contributed by atoms with Crippen LogP contribution in [0.1, 0.15) is 17.6 Å². The Kier molecular flexibility index (Phi) is 2.15. The first kappa shape index (κ1) is 8.70. The zero-order valence-corrected chi connectivity index (χ0v) is 7.32. The first-order valence-electron chi connectivity index (χ1n) is 4.13. The number of aromatic nitrogens is 5. The predicted molar refractivity (Wildman–Crippen MR) is 48.4 cm³/mol. The monoisotopic (exact) mass is 194 g/mol. The minimum atomic E-state index is -0.347. The summed E-state index contributed by atoms with van der Waals surface area (Å²) in [6, 6.07) is -0.339. The number of hydrogen-bond acceptors (Lipinski definition) is 4. The van der Waals surface area contributed by atoms with E-state index in [-0.39, 0.29) is 11.7 Å². The summed E-state index contributed by atoms with van der Waals surface area (Å²) in [7, 11) is 0. The standard InChI is InChI=1S/C7H10N6O/c8-5(1-4-2-9-3-10-4)6-11-7(14)13-12-6/h2-3,5H,1,8H2,(H,9,10)(H2,11,12,13,14). The molecule has 5 N–H and O–H groups in total. The van der Waals surface area contributed by atoms with E-state index in [1.165, 1.54) is 0 Å². The molecule has 0 saturated heterocycles. The summed E-state index contributed by atoms with van der Waals surface area (Å²) >= 11 is 0. The summed E-state index contributed by atoms with van der Waals surface area (Å²) in [5, 5.41) is 6.01. The fourth-order valence-corrected chi connectivity index (χ4v) is 1.19. The Morgan fingerprint density at radius 2 is 2.43 bits per heavy atom. The summed E-state index contributed by atoms with van der Waals surface area (Å²) in [6.45, 7) is 0. The second-order valence-corrected chi connectivity index (χ2v) is 2.95. The molecule has 0 amide bonds. The Balaban J connectivity index is 2.10. The van der Waals surface area contributed by atoms with Crippen LogP contribution >= 0.6 is 0 Å². The molecule has 2 aromatic rings. The summed E-state index contributed by atoms with van der Waals surface area (Å²) in [5.41, 5.74) is 6.36. The predicted octanol–water partition coefficient (Wildman–Crippen LogP) is -0.936. The molecule has 2 rings (SSSR count). The lowest BCUT2D eigenvalue weighted by atomic mass is 10.2. The number of H-pyrrole nitrogens is 3. The van der Waals surface area contributed by atoms with E-state index in [2.05, 4.69) is 25.1 Å². The Morgan fingerprint density at radius 1 is 1.57 bits per heavy atom. The first-order valence-corrected chi connectivity index (χ1v) is 4.13. The van der Waals surface area contributed by atoms with Crippen molar-refractivity contribution in [1.29, 1.82) is 0 Å². The van der Waals surface area contributed by atoms with Crippen LogP contribution in [0, 0.1) is 0 Å². The lowest BCUT2D eigenvalue weighted by Gasteiger charge is -2.04. The molecule has 0 aliphatic rings. The van der Waals surface area contributed by atoms with Crippen LogP contribution in [0.3, 0.4) is 0 Å². The Bertz CT molecular complexity index is 441. The molecule has 7 heteroatoms. The highest BCUT2D eigenvalue weighted by Gasteiger charge is 2.11. The number of nitrogens with one attached hydrogen (secondary N) is 3. The van der Waals surface area contributed by atoms with Crippen LogP contribution in [-0.4, -0.2) is 25.1 Å². The summed E-state index contributed by atoms with van der Waals surface area (Å²) in [4.78, 5) is 20.0. The molecule has 0 aliphatic carbocycles. The SMILES string of the molecule is NC(Cc1cnc[nH]1)c1n[nH]c(=O)[nH]1. The van der Waals surface area contributed by atoms with Gasteiger partial charge in [0.05, 0.1) is 12.4 Å². The van der Waals surface area contributed by atoms with Crippen LogP contribution in [0.2, 0.25) is 0 Å². The maximum atomic E-state index is 10.7. The van der Waals surface area contributed by atoms with Gasteiger partial charge in [0, 0.05) is 18.3 Å². The van der Waals surface area contributed by atoms with Crippen molar-refractivity contribution in [3.63, 3.8) is 0 Å². The second-order valence-electron chi connectivity index (χ2n) is 2.95. The number of nitrogens with two attached hydrogens (primary N) is 1. The largest absolute Gasteiger partial charge is 0.348 e. The van der Waals surface area contributed by atoms with Crippen molar-refractivity contribution in [2.75, 3.05) is 0 Å². The molecular formula is C7H10N6O. The van der Waals surface area contributed by atoms with Crippen LogP contribution in [0.25, 0.3) is 0 Å². The van der Waals surface area contributed by atoms with Crippen LogP contribution in [-0.2, 0) is 6.42 Å². The fourth-order valence-electron chi connectivity index (χ4n) is 1.19. The lowest BCUT2D eigenvalue weighted by molar-refractivity contribution is 0.662. The van der Waals surface area contributed by atoms with E-state index >= 15 is 0 Å². The molecule has 2 aromatic heterocycles. The highest BCUT2D eigenvalue weighted by atomic mass is 16.1. The van der Waals surface area contributed by atoms with Crippen molar-refractivity contribution < 1.29 is 0 Å². The minimum Gasteiger partial charge on any atom is -0.348 e. The van der Waals surface area contributed by atoms with Gasteiger partial charge in [0.2, 0.25) is 0 Å². The van der Waals surface area contributed by atoms with Gasteiger partial charge in [0.25, 0.3) is 0 Å². The molecule has 0 spiro atoms. The van der Waals surface area contributed by atoms with Crippen molar-refractivity contribution in [3.8, 4) is 0 Å². The normalized spacial score (nSPS) is 12.9. The highest BCUT2D eigenvalue weighted by molar-refractivity contribution is 5.02. The average Bonchev–Trinajstić information content (AvgIpc) is 2.75. The Morgan fingerprint density at radius 3 is 3.00 bits per heavy atom. The van der Waals surface area contributed by atoms with Crippen LogP contribution in [0.15, 0.2) is 17.3 Å². The van der Waals surface area contributed by atoms with Gasteiger partial charge in [-0.05, 0) is 0 Å². The van der Waals surface area contributed by atoms with E-state index in [4.69, 9.17) is 5.73 Å². The van der Waals surface area contributed by atoms with E-state index < -0.39 is 0 Å². The average molecular weight is 194 g/mol. The van der Waals surface area contributed by atoms with Crippen molar-refractivity contribution in [2.45, 2.75) is 12.5 Å². The molecule has 0 saturated carbocycles. The number of aromatic amines is 3. The molecule has 0 bridgehead atoms. The van der Waals surface area contributed by atoms with Crippen molar-refractivity contribution >= 4 is 0 Å². The molecule has 14 heavy (non-hydrogen) atoms. The van der Waals surface area contributed by atoms with Crippen LogP contribution in [0.5, 0.6) is 0 Å². The molecule has 0 fully saturated rings. The highest BCUT2D eigenvalue weighted by Crippen LogP contribution is 2.07. The zero-order chi connectivity index (χ0) is 9.97. The van der Waals surface area contributed by atoms with Gasteiger partial charge in [-0.15, -0.1) is 0 Å². The summed E-state index contributed by atoms with van der Waals surface area (Å²) in [5.74, 6) is 0.449. The van der Waals surface area contributed by atoms with Gasteiger partial charge in [0.15, 0.2) is 0 Å². The molecule has 1 atom stereocenters.